The van der Waals surface area contributed by atoms with E-state index < -0.39 is 10.8 Å². The lowest BCUT2D eigenvalue weighted by atomic mass is 10.2. The van der Waals surface area contributed by atoms with Crippen LogP contribution in [0, 0.1) is 10.1 Å². The fourth-order valence-electron chi connectivity index (χ4n) is 2.45. The van der Waals surface area contributed by atoms with Gasteiger partial charge in [0.1, 0.15) is 5.52 Å². The van der Waals surface area contributed by atoms with Crippen LogP contribution in [0.15, 0.2) is 30.3 Å². The van der Waals surface area contributed by atoms with Crippen LogP contribution in [0.3, 0.4) is 0 Å². The zero-order valence-corrected chi connectivity index (χ0v) is 15.5. The molecule has 3 rings (SSSR count). The lowest BCUT2D eigenvalue weighted by Gasteiger charge is -2.09. The number of rotatable bonds is 6. The number of ether oxygens (including phenoxy) is 3. The highest BCUT2D eigenvalue weighted by Crippen LogP contribution is 2.36. The molecule has 0 fully saturated rings. The topological polar surface area (TPSA) is 113 Å². The molecule has 0 aliphatic carbocycles. The first-order valence-electron chi connectivity index (χ1n) is 7.63. The quantitative estimate of drug-likeness (QED) is 0.507. The second-order valence-corrected chi connectivity index (χ2v) is 6.33. The molecule has 0 saturated carbocycles. The monoisotopic (exact) mass is 389 g/mol. The number of nitro benzene ring substituents is 1. The SMILES string of the molecule is COc1ccc(C(=O)Nc2nc3c(OC)cc([N+](=O)[O-])cc3s2)cc1OC. The van der Waals surface area contributed by atoms with Gasteiger partial charge in [0.25, 0.3) is 11.6 Å². The summed E-state index contributed by atoms with van der Waals surface area (Å²) in [7, 11) is 4.39. The first kappa shape index (κ1) is 18.4. The number of benzene rings is 2. The minimum absolute atomic E-state index is 0.110. The Balaban J connectivity index is 1.92. The Morgan fingerprint density at radius 1 is 1.07 bits per heavy atom. The summed E-state index contributed by atoms with van der Waals surface area (Å²) in [5, 5.41) is 14.0. The van der Waals surface area contributed by atoms with Crippen molar-refractivity contribution in [1.82, 2.24) is 4.98 Å². The van der Waals surface area contributed by atoms with E-state index in [0.29, 0.717) is 32.4 Å². The summed E-state index contributed by atoms with van der Waals surface area (Å²) in [6.45, 7) is 0. The van der Waals surface area contributed by atoms with Crippen LogP contribution in [-0.2, 0) is 0 Å². The summed E-state index contributed by atoms with van der Waals surface area (Å²) in [5.41, 5.74) is 0.682. The smallest absolute Gasteiger partial charge is 0.274 e. The number of hydrogen-bond donors (Lipinski definition) is 1. The summed E-state index contributed by atoms with van der Waals surface area (Å²) in [5.74, 6) is 0.795. The van der Waals surface area contributed by atoms with Crippen LogP contribution in [0.2, 0.25) is 0 Å². The number of nitro groups is 1. The van der Waals surface area contributed by atoms with Crippen molar-refractivity contribution < 1.29 is 23.9 Å². The van der Waals surface area contributed by atoms with Gasteiger partial charge >= 0.3 is 0 Å². The molecule has 0 saturated heterocycles. The third kappa shape index (κ3) is 3.60. The molecule has 2 aromatic carbocycles. The van der Waals surface area contributed by atoms with Gasteiger partial charge in [-0.1, -0.05) is 11.3 Å². The Hall–Kier alpha value is -3.40. The maximum Gasteiger partial charge on any atom is 0.274 e. The molecule has 0 radical (unpaired) electrons. The molecule has 0 bridgehead atoms. The number of methoxy groups -OCH3 is 3. The number of nitrogens with zero attached hydrogens (tertiary/aromatic N) is 2. The van der Waals surface area contributed by atoms with Crippen molar-refractivity contribution in [3.8, 4) is 17.2 Å². The average molecular weight is 389 g/mol. The second-order valence-electron chi connectivity index (χ2n) is 5.29. The largest absolute Gasteiger partial charge is 0.494 e. The van der Waals surface area contributed by atoms with Crippen molar-refractivity contribution in [3.05, 3.63) is 46.0 Å². The molecule has 9 nitrogen and oxygen atoms in total. The molecule has 1 heterocycles. The van der Waals surface area contributed by atoms with Gasteiger partial charge in [-0.15, -0.1) is 0 Å². The molecule has 1 aromatic heterocycles. The molecule has 0 aliphatic rings. The predicted molar refractivity (Wildman–Crippen MR) is 100 cm³/mol. The number of non-ortho nitro benzene ring substituents is 1. The van der Waals surface area contributed by atoms with E-state index in [9.17, 15) is 14.9 Å². The number of aromatic nitrogens is 1. The Kier molecular flexibility index (Phi) is 5.08. The molecule has 3 aromatic rings. The highest BCUT2D eigenvalue weighted by atomic mass is 32.1. The third-order valence-electron chi connectivity index (χ3n) is 3.74. The number of fused-ring (bicyclic) bond motifs is 1. The summed E-state index contributed by atoms with van der Waals surface area (Å²) >= 11 is 1.12. The highest BCUT2D eigenvalue weighted by molar-refractivity contribution is 7.22. The van der Waals surface area contributed by atoms with Gasteiger partial charge < -0.3 is 14.2 Å². The fraction of sp³-hybridized carbons (Fsp3) is 0.176. The first-order chi connectivity index (χ1) is 13.0. The molecular formula is C17H15N3O6S. The minimum atomic E-state index is -0.510. The van der Waals surface area contributed by atoms with Crippen LogP contribution in [-0.4, -0.2) is 37.1 Å². The predicted octanol–water partition coefficient (Wildman–Crippen LogP) is 3.48. The van der Waals surface area contributed by atoms with E-state index in [4.69, 9.17) is 14.2 Å². The highest BCUT2D eigenvalue weighted by Gasteiger charge is 2.18. The molecule has 140 valence electrons. The molecule has 0 atom stereocenters. The van der Waals surface area contributed by atoms with E-state index in [-0.39, 0.29) is 11.4 Å². The van der Waals surface area contributed by atoms with Gasteiger partial charge in [-0.2, -0.15) is 0 Å². The minimum Gasteiger partial charge on any atom is -0.494 e. The van der Waals surface area contributed by atoms with Gasteiger partial charge in [0.05, 0.1) is 37.0 Å². The van der Waals surface area contributed by atoms with Crippen molar-refractivity contribution in [3.63, 3.8) is 0 Å². The summed E-state index contributed by atoms with van der Waals surface area (Å²) in [6.07, 6.45) is 0. The zero-order chi connectivity index (χ0) is 19.6. The third-order valence-corrected chi connectivity index (χ3v) is 4.66. The van der Waals surface area contributed by atoms with Gasteiger partial charge in [-0.05, 0) is 18.2 Å². The van der Waals surface area contributed by atoms with Crippen molar-refractivity contribution in [1.29, 1.82) is 0 Å². The number of thiazole rings is 1. The Morgan fingerprint density at radius 2 is 1.78 bits per heavy atom. The average Bonchev–Trinajstić information content (AvgIpc) is 3.08. The zero-order valence-electron chi connectivity index (χ0n) is 14.6. The summed E-state index contributed by atoms with van der Waals surface area (Å²) in [6, 6.07) is 7.45. The van der Waals surface area contributed by atoms with Crippen LogP contribution in [0.1, 0.15) is 10.4 Å². The standard InChI is InChI=1S/C17H15N3O6S/c1-24-11-5-4-9(6-12(11)25-2)16(21)19-17-18-15-13(26-3)7-10(20(22)23)8-14(15)27-17/h4-8H,1-3H3,(H,18,19,21). The lowest BCUT2D eigenvalue weighted by Crippen LogP contribution is -2.11. The van der Waals surface area contributed by atoms with E-state index in [0.717, 1.165) is 11.3 Å². The molecule has 1 N–H and O–H groups in total. The summed E-state index contributed by atoms with van der Waals surface area (Å²) in [4.78, 5) is 27.3. The Bertz CT molecular complexity index is 1030. The number of anilines is 1. The van der Waals surface area contributed by atoms with Gasteiger partial charge in [0.15, 0.2) is 22.4 Å². The van der Waals surface area contributed by atoms with E-state index in [1.807, 2.05) is 0 Å². The van der Waals surface area contributed by atoms with Crippen molar-refractivity contribution in [2.75, 3.05) is 26.6 Å². The Labute approximate surface area is 157 Å². The first-order valence-corrected chi connectivity index (χ1v) is 8.44. The Morgan fingerprint density at radius 3 is 2.41 bits per heavy atom. The maximum absolute atomic E-state index is 12.5. The molecule has 1 amide bonds. The molecule has 0 spiro atoms. The molecule has 0 unspecified atom stereocenters. The lowest BCUT2D eigenvalue weighted by molar-refractivity contribution is -0.384. The maximum atomic E-state index is 12.5. The normalized spacial score (nSPS) is 10.5. The van der Waals surface area contributed by atoms with Crippen LogP contribution in [0.4, 0.5) is 10.8 Å². The number of carbonyl (C=O) groups is 1. The molecule has 0 aliphatic heterocycles. The number of nitrogens with one attached hydrogen (secondary N) is 1. The molecule has 27 heavy (non-hydrogen) atoms. The van der Waals surface area contributed by atoms with Gasteiger partial charge in [0, 0.05) is 11.6 Å². The van der Waals surface area contributed by atoms with Crippen LogP contribution in [0.25, 0.3) is 10.2 Å². The number of carbonyl (C=O) groups excluding carboxylic acids is 1. The van der Waals surface area contributed by atoms with Crippen molar-refractivity contribution in [2.24, 2.45) is 0 Å². The van der Waals surface area contributed by atoms with Crippen LogP contribution in [0.5, 0.6) is 17.2 Å². The van der Waals surface area contributed by atoms with E-state index in [2.05, 4.69) is 10.3 Å². The fourth-order valence-corrected chi connectivity index (χ4v) is 3.36. The van der Waals surface area contributed by atoms with E-state index in [1.165, 1.54) is 33.5 Å². The van der Waals surface area contributed by atoms with Gasteiger partial charge in [-0.25, -0.2) is 4.98 Å². The number of hydrogen-bond acceptors (Lipinski definition) is 8. The van der Waals surface area contributed by atoms with E-state index >= 15 is 0 Å². The van der Waals surface area contributed by atoms with Crippen molar-refractivity contribution >= 4 is 38.3 Å². The van der Waals surface area contributed by atoms with Gasteiger partial charge in [-0.3, -0.25) is 20.2 Å². The van der Waals surface area contributed by atoms with Crippen molar-refractivity contribution in [2.45, 2.75) is 0 Å². The number of amides is 1. The van der Waals surface area contributed by atoms with E-state index in [1.54, 1.807) is 18.2 Å². The van der Waals surface area contributed by atoms with Crippen LogP contribution >= 0.6 is 11.3 Å². The molecule has 10 heteroatoms. The van der Waals surface area contributed by atoms with Gasteiger partial charge in [0.2, 0.25) is 0 Å². The summed E-state index contributed by atoms with van der Waals surface area (Å²) < 4.78 is 16.0. The van der Waals surface area contributed by atoms with Crippen LogP contribution < -0.4 is 19.5 Å². The second kappa shape index (κ2) is 7.46. The molecular weight excluding hydrogens is 374 g/mol.